The van der Waals surface area contributed by atoms with Gasteiger partial charge in [0.1, 0.15) is 10.7 Å². The van der Waals surface area contributed by atoms with Crippen molar-refractivity contribution in [2.45, 2.75) is 31.6 Å². The Labute approximate surface area is 127 Å². The third-order valence-electron chi connectivity index (χ3n) is 3.75. The molecule has 2 rings (SSSR count). The van der Waals surface area contributed by atoms with Crippen LogP contribution in [0, 0.1) is 11.2 Å². The van der Waals surface area contributed by atoms with Crippen molar-refractivity contribution in [2.24, 2.45) is 5.41 Å². The predicted octanol–water partition coefficient (Wildman–Crippen LogP) is 2.98. The van der Waals surface area contributed by atoms with Crippen molar-refractivity contribution in [1.82, 2.24) is 4.31 Å². The summed E-state index contributed by atoms with van der Waals surface area (Å²) in [5.74, 6) is -0.568. The Balaban J connectivity index is 2.34. The number of halogens is 2. The highest BCUT2D eigenvalue weighted by atomic mass is 79.9. The zero-order valence-corrected chi connectivity index (χ0v) is 13.9. The standard InChI is InChI=1S/C13H18BrFN2O2S/c1-13(2)3-5-17(6-4-13)20(18,19)12-7-9(14)10(15)8-11(12)16/h7-8H,3-6,16H2,1-2H3. The lowest BCUT2D eigenvalue weighted by Gasteiger charge is -2.36. The van der Waals surface area contributed by atoms with Crippen LogP contribution in [0.25, 0.3) is 0 Å². The van der Waals surface area contributed by atoms with E-state index in [-0.39, 0.29) is 20.5 Å². The fourth-order valence-corrected chi connectivity index (χ4v) is 4.30. The van der Waals surface area contributed by atoms with Gasteiger partial charge in [-0.1, -0.05) is 13.8 Å². The van der Waals surface area contributed by atoms with E-state index in [1.807, 2.05) is 0 Å². The van der Waals surface area contributed by atoms with Crippen LogP contribution in [0.1, 0.15) is 26.7 Å². The van der Waals surface area contributed by atoms with Gasteiger partial charge >= 0.3 is 0 Å². The van der Waals surface area contributed by atoms with Crippen LogP contribution < -0.4 is 5.73 Å². The summed E-state index contributed by atoms with van der Waals surface area (Å²) in [7, 11) is -3.67. The van der Waals surface area contributed by atoms with Gasteiger partial charge in [0.15, 0.2) is 0 Å². The summed E-state index contributed by atoms with van der Waals surface area (Å²) in [5.41, 5.74) is 5.76. The highest BCUT2D eigenvalue weighted by Gasteiger charge is 2.34. The number of piperidine rings is 1. The normalized spacial score (nSPS) is 20.0. The molecule has 7 heteroatoms. The molecular weight excluding hydrogens is 347 g/mol. The Morgan fingerprint density at radius 3 is 2.40 bits per heavy atom. The molecule has 1 aliphatic rings. The maximum absolute atomic E-state index is 13.4. The van der Waals surface area contributed by atoms with E-state index in [1.165, 1.54) is 10.4 Å². The Bertz CT molecular complexity index is 622. The lowest BCUT2D eigenvalue weighted by Crippen LogP contribution is -2.41. The van der Waals surface area contributed by atoms with Crippen LogP contribution in [0.15, 0.2) is 21.5 Å². The highest BCUT2D eigenvalue weighted by molar-refractivity contribution is 9.10. The van der Waals surface area contributed by atoms with E-state index >= 15 is 0 Å². The average molecular weight is 365 g/mol. The minimum Gasteiger partial charge on any atom is -0.398 e. The summed E-state index contributed by atoms with van der Waals surface area (Å²) in [6.45, 7) is 5.17. The van der Waals surface area contributed by atoms with Crippen LogP contribution in [-0.2, 0) is 10.0 Å². The third-order valence-corrected chi connectivity index (χ3v) is 6.31. The Morgan fingerprint density at radius 1 is 1.30 bits per heavy atom. The summed E-state index contributed by atoms with van der Waals surface area (Å²) in [4.78, 5) is -0.0366. The first-order valence-electron chi connectivity index (χ1n) is 6.38. The molecular formula is C13H18BrFN2O2S. The second-order valence-electron chi connectivity index (χ2n) is 5.87. The quantitative estimate of drug-likeness (QED) is 0.820. The number of hydrogen-bond acceptors (Lipinski definition) is 3. The maximum Gasteiger partial charge on any atom is 0.245 e. The number of nitrogens with zero attached hydrogens (tertiary/aromatic N) is 1. The molecule has 1 aromatic rings. The molecule has 0 spiro atoms. The van der Waals surface area contributed by atoms with Crippen molar-refractivity contribution < 1.29 is 12.8 Å². The number of nitrogens with two attached hydrogens (primary N) is 1. The van der Waals surface area contributed by atoms with Gasteiger partial charge in [0.05, 0.1) is 10.2 Å². The topological polar surface area (TPSA) is 63.4 Å². The molecule has 0 aliphatic carbocycles. The zero-order valence-electron chi connectivity index (χ0n) is 11.5. The van der Waals surface area contributed by atoms with E-state index in [2.05, 4.69) is 29.8 Å². The molecule has 0 amide bonds. The van der Waals surface area contributed by atoms with Gasteiger partial charge in [0.25, 0.3) is 0 Å². The monoisotopic (exact) mass is 364 g/mol. The average Bonchev–Trinajstić information content (AvgIpc) is 2.33. The van der Waals surface area contributed by atoms with Crippen molar-refractivity contribution in [3.05, 3.63) is 22.4 Å². The van der Waals surface area contributed by atoms with Crippen molar-refractivity contribution >= 4 is 31.6 Å². The number of benzene rings is 1. The van der Waals surface area contributed by atoms with Crippen molar-refractivity contribution in [3.63, 3.8) is 0 Å². The molecule has 4 nitrogen and oxygen atoms in total. The van der Waals surface area contributed by atoms with E-state index in [0.29, 0.717) is 13.1 Å². The van der Waals surface area contributed by atoms with Crippen LogP contribution >= 0.6 is 15.9 Å². The first-order chi connectivity index (χ1) is 9.13. The highest BCUT2D eigenvalue weighted by Crippen LogP contribution is 2.34. The van der Waals surface area contributed by atoms with Gasteiger partial charge in [-0.3, -0.25) is 0 Å². The predicted molar refractivity (Wildman–Crippen MR) is 80.3 cm³/mol. The molecule has 0 atom stereocenters. The molecule has 0 unspecified atom stereocenters. The molecule has 1 fully saturated rings. The minimum absolute atomic E-state index is 0.0366. The van der Waals surface area contributed by atoms with Crippen LogP contribution in [0.3, 0.4) is 0 Å². The van der Waals surface area contributed by atoms with E-state index in [9.17, 15) is 12.8 Å². The Kier molecular flexibility index (Phi) is 4.15. The molecule has 1 heterocycles. The first kappa shape index (κ1) is 15.7. The van der Waals surface area contributed by atoms with Gasteiger partial charge in [0.2, 0.25) is 10.0 Å². The number of anilines is 1. The Morgan fingerprint density at radius 2 is 1.85 bits per heavy atom. The summed E-state index contributed by atoms with van der Waals surface area (Å²) in [5, 5.41) is 0. The second kappa shape index (κ2) is 5.27. The van der Waals surface area contributed by atoms with Crippen molar-refractivity contribution in [3.8, 4) is 0 Å². The zero-order chi connectivity index (χ0) is 15.1. The van der Waals surface area contributed by atoms with Gasteiger partial charge < -0.3 is 5.73 Å². The van der Waals surface area contributed by atoms with E-state index in [1.54, 1.807) is 0 Å². The van der Waals surface area contributed by atoms with Crippen molar-refractivity contribution in [1.29, 1.82) is 0 Å². The lowest BCUT2D eigenvalue weighted by atomic mass is 9.83. The van der Waals surface area contributed by atoms with Gasteiger partial charge in [-0.25, -0.2) is 12.8 Å². The molecule has 1 aromatic carbocycles. The fraction of sp³-hybridized carbons (Fsp3) is 0.538. The molecule has 0 radical (unpaired) electrons. The molecule has 0 saturated carbocycles. The molecule has 1 aliphatic heterocycles. The molecule has 0 bridgehead atoms. The van der Waals surface area contributed by atoms with Gasteiger partial charge in [0, 0.05) is 13.1 Å². The smallest absolute Gasteiger partial charge is 0.245 e. The summed E-state index contributed by atoms with van der Waals surface area (Å²) >= 11 is 3.00. The van der Waals surface area contributed by atoms with Gasteiger partial charge in [-0.05, 0) is 46.3 Å². The lowest BCUT2D eigenvalue weighted by molar-refractivity contribution is 0.196. The molecule has 2 N–H and O–H groups in total. The molecule has 0 aromatic heterocycles. The number of sulfonamides is 1. The van der Waals surface area contributed by atoms with Crippen LogP contribution in [0.2, 0.25) is 0 Å². The fourth-order valence-electron chi connectivity index (χ4n) is 2.24. The minimum atomic E-state index is -3.67. The van der Waals surface area contributed by atoms with Crippen LogP contribution in [-0.4, -0.2) is 25.8 Å². The van der Waals surface area contributed by atoms with Crippen LogP contribution in [0.5, 0.6) is 0 Å². The third kappa shape index (κ3) is 2.99. The second-order valence-corrected chi connectivity index (χ2v) is 8.63. The maximum atomic E-state index is 13.4. The molecule has 20 heavy (non-hydrogen) atoms. The summed E-state index contributed by atoms with van der Waals surface area (Å²) in [6, 6.07) is 2.27. The van der Waals surface area contributed by atoms with Gasteiger partial charge in [-0.2, -0.15) is 4.31 Å². The van der Waals surface area contributed by atoms with Crippen molar-refractivity contribution in [2.75, 3.05) is 18.8 Å². The number of hydrogen-bond donors (Lipinski definition) is 1. The molecule has 1 saturated heterocycles. The van der Waals surface area contributed by atoms with E-state index in [0.717, 1.165) is 18.9 Å². The number of rotatable bonds is 2. The first-order valence-corrected chi connectivity index (χ1v) is 8.61. The summed E-state index contributed by atoms with van der Waals surface area (Å²) in [6.07, 6.45) is 1.60. The molecule has 112 valence electrons. The van der Waals surface area contributed by atoms with Crippen LogP contribution in [0.4, 0.5) is 10.1 Å². The SMILES string of the molecule is CC1(C)CCN(S(=O)(=O)c2cc(Br)c(F)cc2N)CC1. The van der Waals surface area contributed by atoms with E-state index in [4.69, 9.17) is 5.73 Å². The summed E-state index contributed by atoms with van der Waals surface area (Å²) < 4.78 is 40.1. The number of nitrogen functional groups attached to an aromatic ring is 1. The largest absolute Gasteiger partial charge is 0.398 e. The Hall–Kier alpha value is -0.660. The van der Waals surface area contributed by atoms with Gasteiger partial charge in [-0.15, -0.1) is 0 Å². The van der Waals surface area contributed by atoms with E-state index < -0.39 is 15.8 Å².